The van der Waals surface area contributed by atoms with Crippen molar-refractivity contribution >= 4 is 0 Å². The van der Waals surface area contributed by atoms with Crippen LogP contribution in [0, 0.1) is 0 Å². The molecule has 0 aliphatic carbocycles. The zero-order chi connectivity index (χ0) is 13.3. The topological polar surface area (TPSA) is 64.7 Å². The van der Waals surface area contributed by atoms with E-state index < -0.39 is 5.54 Å². The molecule has 0 saturated heterocycles. The monoisotopic (exact) mass is 253 g/mol. The van der Waals surface area contributed by atoms with Gasteiger partial charge in [0.2, 0.25) is 0 Å². The van der Waals surface area contributed by atoms with E-state index in [-0.39, 0.29) is 13.2 Å². The fraction of sp³-hybridized carbons (Fsp3) is 0.571. The van der Waals surface area contributed by atoms with Crippen LogP contribution in [0.4, 0.5) is 0 Å². The number of benzene rings is 1. The first kappa shape index (κ1) is 15.1. The lowest BCUT2D eigenvalue weighted by molar-refractivity contribution is 0.0133. The number of nitrogens with two attached hydrogens (primary N) is 1. The molecule has 1 unspecified atom stereocenters. The highest BCUT2D eigenvalue weighted by molar-refractivity contribution is 5.24. The second-order valence-electron chi connectivity index (χ2n) is 4.35. The van der Waals surface area contributed by atoms with Crippen LogP contribution < -0.4 is 5.73 Å². The fourth-order valence-corrected chi connectivity index (χ4v) is 1.61. The molecule has 0 heterocycles. The molecule has 0 fully saturated rings. The Morgan fingerprint density at radius 2 is 1.78 bits per heavy atom. The van der Waals surface area contributed by atoms with E-state index in [4.69, 9.17) is 15.2 Å². The van der Waals surface area contributed by atoms with Gasteiger partial charge in [0.25, 0.3) is 0 Å². The average molecular weight is 253 g/mol. The van der Waals surface area contributed by atoms with Crippen LogP contribution in [-0.2, 0) is 15.0 Å². The summed E-state index contributed by atoms with van der Waals surface area (Å²) >= 11 is 0. The molecule has 3 N–H and O–H groups in total. The number of ether oxygens (including phenoxy) is 2. The number of hydrogen-bond donors (Lipinski definition) is 2. The predicted octanol–water partition coefficient (Wildman–Crippen LogP) is 1.28. The molecule has 1 rings (SSSR count). The summed E-state index contributed by atoms with van der Waals surface area (Å²) in [5.74, 6) is 0. The van der Waals surface area contributed by atoms with Crippen molar-refractivity contribution in [1.82, 2.24) is 0 Å². The molecule has 1 atom stereocenters. The first-order valence-corrected chi connectivity index (χ1v) is 6.33. The lowest BCUT2D eigenvalue weighted by Gasteiger charge is -2.27. The molecule has 1 aromatic carbocycles. The summed E-state index contributed by atoms with van der Waals surface area (Å²) in [4.78, 5) is 0. The minimum Gasteiger partial charge on any atom is -0.394 e. The van der Waals surface area contributed by atoms with Gasteiger partial charge in [0, 0.05) is 6.61 Å². The third-order valence-electron chi connectivity index (χ3n) is 2.71. The van der Waals surface area contributed by atoms with Crippen LogP contribution >= 0.6 is 0 Å². The number of rotatable bonds is 9. The van der Waals surface area contributed by atoms with Gasteiger partial charge in [-0.3, -0.25) is 0 Å². The molecule has 102 valence electrons. The van der Waals surface area contributed by atoms with Crippen LogP contribution in [-0.4, -0.2) is 38.1 Å². The van der Waals surface area contributed by atoms with E-state index in [1.54, 1.807) is 0 Å². The Morgan fingerprint density at radius 3 is 2.39 bits per heavy atom. The standard InChI is InChI=1S/C14H23NO3/c1-2-8-17-9-10-18-12-14(15,11-16)13-6-4-3-5-7-13/h3-7,16H,2,8-12,15H2,1H3. The minimum absolute atomic E-state index is 0.146. The van der Waals surface area contributed by atoms with Crippen molar-refractivity contribution in [3.63, 3.8) is 0 Å². The van der Waals surface area contributed by atoms with Crippen molar-refractivity contribution < 1.29 is 14.6 Å². The van der Waals surface area contributed by atoms with Crippen LogP contribution in [0.5, 0.6) is 0 Å². The number of hydrogen-bond acceptors (Lipinski definition) is 4. The van der Waals surface area contributed by atoms with Crippen molar-refractivity contribution in [1.29, 1.82) is 0 Å². The van der Waals surface area contributed by atoms with Crippen molar-refractivity contribution in [3.05, 3.63) is 35.9 Å². The molecule has 0 aliphatic rings. The van der Waals surface area contributed by atoms with Crippen LogP contribution in [0.1, 0.15) is 18.9 Å². The van der Waals surface area contributed by atoms with E-state index in [9.17, 15) is 5.11 Å². The van der Waals surface area contributed by atoms with Gasteiger partial charge in [-0.05, 0) is 12.0 Å². The highest BCUT2D eigenvalue weighted by Gasteiger charge is 2.26. The normalized spacial score (nSPS) is 14.4. The summed E-state index contributed by atoms with van der Waals surface area (Å²) < 4.78 is 10.8. The van der Waals surface area contributed by atoms with Crippen LogP contribution in [0.25, 0.3) is 0 Å². The smallest absolute Gasteiger partial charge is 0.0881 e. The van der Waals surface area contributed by atoms with E-state index in [2.05, 4.69) is 6.92 Å². The maximum Gasteiger partial charge on any atom is 0.0881 e. The van der Waals surface area contributed by atoms with E-state index >= 15 is 0 Å². The Balaban J connectivity index is 2.37. The molecule has 0 saturated carbocycles. The van der Waals surface area contributed by atoms with Gasteiger partial charge < -0.3 is 20.3 Å². The Bertz CT molecular complexity index is 318. The summed E-state index contributed by atoms with van der Waals surface area (Å²) in [6, 6.07) is 9.51. The van der Waals surface area contributed by atoms with Crippen molar-refractivity contribution in [2.75, 3.05) is 33.0 Å². The molecule has 4 heteroatoms. The lowest BCUT2D eigenvalue weighted by atomic mass is 9.93. The maximum absolute atomic E-state index is 9.44. The molecule has 4 nitrogen and oxygen atoms in total. The fourth-order valence-electron chi connectivity index (χ4n) is 1.61. The van der Waals surface area contributed by atoms with E-state index in [0.717, 1.165) is 18.6 Å². The van der Waals surface area contributed by atoms with Crippen molar-refractivity contribution in [3.8, 4) is 0 Å². The Hall–Kier alpha value is -0.940. The van der Waals surface area contributed by atoms with Gasteiger partial charge in [-0.2, -0.15) is 0 Å². The van der Waals surface area contributed by atoms with E-state index in [1.807, 2.05) is 30.3 Å². The molecule has 0 aromatic heterocycles. The summed E-state index contributed by atoms with van der Waals surface area (Å²) in [6.07, 6.45) is 1.00. The zero-order valence-corrected chi connectivity index (χ0v) is 11.0. The summed E-state index contributed by atoms with van der Waals surface area (Å²) in [5.41, 5.74) is 6.18. The van der Waals surface area contributed by atoms with Gasteiger partial charge in [0.05, 0.1) is 32.0 Å². The number of aliphatic hydroxyl groups is 1. The van der Waals surface area contributed by atoms with Crippen LogP contribution in [0.3, 0.4) is 0 Å². The highest BCUT2D eigenvalue weighted by atomic mass is 16.5. The van der Waals surface area contributed by atoms with Crippen molar-refractivity contribution in [2.45, 2.75) is 18.9 Å². The van der Waals surface area contributed by atoms with Gasteiger partial charge >= 0.3 is 0 Å². The second-order valence-corrected chi connectivity index (χ2v) is 4.35. The molecule has 0 spiro atoms. The van der Waals surface area contributed by atoms with Crippen LogP contribution in [0.2, 0.25) is 0 Å². The summed E-state index contributed by atoms with van der Waals surface area (Å²) in [6.45, 7) is 3.99. The lowest BCUT2D eigenvalue weighted by Crippen LogP contribution is -2.45. The molecule has 0 aliphatic heterocycles. The van der Waals surface area contributed by atoms with Crippen molar-refractivity contribution in [2.24, 2.45) is 5.73 Å². The highest BCUT2D eigenvalue weighted by Crippen LogP contribution is 2.17. The Kier molecular flexibility index (Phi) is 6.90. The molecule has 0 amide bonds. The molecular formula is C14H23NO3. The molecule has 0 bridgehead atoms. The largest absolute Gasteiger partial charge is 0.394 e. The zero-order valence-electron chi connectivity index (χ0n) is 11.0. The maximum atomic E-state index is 9.44. The summed E-state index contributed by atoms with van der Waals surface area (Å²) in [7, 11) is 0. The van der Waals surface area contributed by atoms with Gasteiger partial charge in [-0.15, -0.1) is 0 Å². The SMILES string of the molecule is CCCOCCOCC(N)(CO)c1ccccc1. The quantitative estimate of drug-likeness (QED) is 0.651. The third-order valence-corrected chi connectivity index (χ3v) is 2.71. The summed E-state index contributed by atoms with van der Waals surface area (Å²) in [5, 5.41) is 9.44. The van der Waals surface area contributed by atoms with E-state index in [1.165, 1.54) is 0 Å². The third kappa shape index (κ3) is 4.74. The molecule has 1 aromatic rings. The van der Waals surface area contributed by atoms with Gasteiger partial charge in [-0.25, -0.2) is 0 Å². The molecular weight excluding hydrogens is 230 g/mol. The van der Waals surface area contributed by atoms with Gasteiger partial charge in [-0.1, -0.05) is 37.3 Å². The minimum atomic E-state index is -0.841. The predicted molar refractivity (Wildman–Crippen MR) is 71.3 cm³/mol. The molecule has 18 heavy (non-hydrogen) atoms. The second kappa shape index (κ2) is 8.21. The first-order valence-electron chi connectivity index (χ1n) is 6.33. The Morgan fingerprint density at radius 1 is 1.11 bits per heavy atom. The number of aliphatic hydroxyl groups excluding tert-OH is 1. The molecule has 0 radical (unpaired) electrons. The van der Waals surface area contributed by atoms with Crippen LogP contribution in [0.15, 0.2) is 30.3 Å². The average Bonchev–Trinajstić information content (AvgIpc) is 2.43. The van der Waals surface area contributed by atoms with E-state index in [0.29, 0.717) is 13.2 Å². The Labute approximate surface area is 109 Å². The van der Waals surface area contributed by atoms with Gasteiger partial charge in [0.15, 0.2) is 0 Å². The first-order chi connectivity index (χ1) is 8.73. The van der Waals surface area contributed by atoms with Gasteiger partial charge in [0.1, 0.15) is 0 Å².